The molecule has 2 aromatic carbocycles. The average Bonchev–Trinajstić information content (AvgIpc) is 3.07. The van der Waals surface area contributed by atoms with E-state index in [1.807, 2.05) is 0 Å². The fraction of sp³-hybridized carbons (Fsp3) is 0.158. The molecular formula is C19H15FN2O5. The number of hydrogen-bond donors (Lipinski definition) is 0. The average molecular weight is 370 g/mol. The third kappa shape index (κ3) is 5.05. The molecule has 0 unspecified atom stereocenters. The van der Waals surface area contributed by atoms with Gasteiger partial charge in [-0.3, -0.25) is 4.79 Å². The van der Waals surface area contributed by atoms with Crippen LogP contribution in [0.3, 0.4) is 0 Å². The number of ether oxygens (including phenoxy) is 2. The van der Waals surface area contributed by atoms with Gasteiger partial charge in [0.25, 0.3) is 5.89 Å². The Hall–Kier alpha value is -3.39. The van der Waals surface area contributed by atoms with Gasteiger partial charge in [0.15, 0.2) is 11.6 Å². The molecule has 138 valence electrons. The summed E-state index contributed by atoms with van der Waals surface area (Å²) < 4.78 is 28.0. The minimum absolute atomic E-state index is 0.00104. The Morgan fingerprint density at radius 2 is 1.67 bits per heavy atom. The van der Waals surface area contributed by atoms with Gasteiger partial charge >= 0.3 is 5.97 Å². The normalized spacial score (nSPS) is 10.6. The number of rotatable bonds is 7. The quantitative estimate of drug-likeness (QED) is 0.359. The second-order valence-corrected chi connectivity index (χ2v) is 5.56. The largest absolute Gasteiger partial charge is 0.425 e. The van der Waals surface area contributed by atoms with E-state index < -0.39 is 11.8 Å². The zero-order valence-electron chi connectivity index (χ0n) is 14.3. The van der Waals surface area contributed by atoms with Crippen LogP contribution in [0.1, 0.15) is 27.6 Å². The molecule has 0 aliphatic rings. The molecule has 0 aliphatic carbocycles. The Labute approximate surface area is 153 Å². The number of nitrogens with zero attached hydrogens (tertiary/aromatic N) is 2. The first kappa shape index (κ1) is 18.4. The van der Waals surface area contributed by atoms with E-state index in [-0.39, 0.29) is 30.6 Å². The molecule has 0 aliphatic heterocycles. The third-order valence-corrected chi connectivity index (χ3v) is 3.47. The summed E-state index contributed by atoms with van der Waals surface area (Å²) in [6.45, 7) is 1.38. The summed E-state index contributed by atoms with van der Waals surface area (Å²) in [5.74, 6) is -0.261. The van der Waals surface area contributed by atoms with Gasteiger partial charge in [0, 0.05) is 11.1 Å². The lowest BCUT2D eigenvalue weighted by Crippen LogP contribution is -2.15. The Bertz CT molecular complexity index is 935. The fourth-order valence-corrected chi connectivity index (χ4v) is 2.22. The number of hydrogen-bond acceptors (Lipinski definition) is 7. The monoisotopic (exact) mass is 370 g/mol. The molecule has 3 rings (SSSR count). The summed E-state index contributed by atoms with van der Waals surface area (Å²) in [5.41, 5.74) is 0.759. The summed E-state index contributed by atoms with van der Waals surface area (Å²) >= 11 is 0. The number of halogens is 1. The van der Waals surface area contributed by atoms with Gasteiger partial charge in [-0.05, 0) is 55.5 Å². The summed E-state index contributed by atoms with van der Waals surface area (Å²) in [6.07, 6.45) is 0. The molecule has 1 heterocycles. The lowest BCUT2D eigenvalue weighted by Gasteiger charge is -2.06. The summed E-state index contributed by atoms with van der Waals surface area (Å²) in [7, 11) is 0. The van der Waals surface area contributed by atoms with E-state index in [2.05, 4.69) is 10.1 Å². The number of ketones is 1. The highest BCUT2D eigenvalue weighted by molar-refractivity contribution is 6.09. The first-order valence-electron chi connectivity index (χ1n) is 7.99. The van der Waals surface area contributed by atoms with Gasteiger partial charge in [-0.1, -0.05) is 5.16 Å². The lowest BCUT2D eigenvalue weighted by atomic mass is 10.0. The molecule has 0 fully saturated rings. The van der Waals surface area contributed by atoms with Gasteiger partial charge in [-0.25, -0.2) is 9.18 Å². The van der Waals surface area contributed by atoms with E-state index in [9.17, 15) is 14.0 Å². The second-order valence-electron chi connectivity index (χ2n) is 5.56. The van der Waals surface area contributed by atoms with Crippen molar-refractivity contribution in [3.8, 4) is 5.75 Å². The highest BCUT2D eigenvalue weighted by Gasteiger charge is 2.11. The molecule has 0 saturated heterocycles. The maximum Gasteiger partial charge on any atom is 0.337 e. The molecule has 8 heteroatoms. The van der Waals surface area contributed by atoms with Gasteiger partial charge in [0.1, 0.15) is 24.8 Å². The maximum atomic E-state index is 12.9. The van der Waals surface area contributed by atoms with Crippen molar-refractivity contribution in [2.45, 2.75) is 13.5 Å². The van der Waals surface area contributed by atoms with Crippen LogP contribution in [0.4, 0.5) is 4.39 Å². The van der Waals surface area contributed by atoms with Gasteiger partial charge in [-0.15, -0.1) is 0 Å². The number of benzene rings is 2. The summed E-state index contributed by atoms with van der Waals surface area (Å²) in [5, 5.41) is 3.60. The molecule has 7 nitrogen and oxygen atoms in total. The Morgan fingerprint density at radius 3 is 2.26 bits per heavy atom. The van der Waals surface area contributed by atoms with Crippen LogP contribution >= 0.6 is 0 Å². The Kier molecular flexibility index (Phi) is 5.68. The van der Waals surface area contributed by atoms with Crippen molar-refractivity contribution in [1.29, 1.82) is 0 Å². The number of carbonyl (C=O) groups excluding carboxylic acids is 2. The van der Waals surface area contributed by atoms with E-state index in [4.69, 9.17) is 14.0 Å². The molecule has 0 radical (unpaired) electrons. The first-order valence-corrected chi connectivity index (χ1v) is 7.99. The number of aromatic nitrogens is 2. The van der Waals surface area contributed by atoms with Crippen LogP contribution in [0.5, 0.6) is 5.75 Å². The molecule has 0 saturated carbocycles. The SMILES string of the molecule is Cc1noc(COCC(=O)Oc2ccc(C(=O)c3ccc(F)cc3)cc2)n1. The van der Waals surface area contributed by atoms with Crippen LogP contribution in [0.2, 0.25) is 0 Å². The Morgan fingerprint density at radius 1 is 1.04 bits per heavy atom. The van der Waals surface area contributed by atoms with Gasteiger partial charge in [0.05, 0.1) is 0 Å². The molecule has 27 heavy (non-hydrogen) atoms. The van der Waals surface area contributed by atoms with Gasteiger partial charge < -0.3 is 14.0 Å². The lowest BCUT2D eigenvalue weighted by molar-refractivity contribution is -0.140. The van der Waals surface area contributed by atoms with E-state index in [1.54, 1.807) is 6.92 Å². The van der Waals surface area contributed by atoms with Crippen LogP contribution in [0.15, 0.2) is 53.1 Å². The number of aryl methyl sites for hydroxylation is 1. The highest BCUT2D eigenvalue weighted by atomic mass is 19.1. The van der Waals surface area contributed by atoms with Crippen molar-refractivity contribution >= 4 is 11.8 Å². The van der Waals surface area contributed by atoms with Crippen molar-refractivity contribution in [3.05, 3.63) is 77.2 Å². The summed E-state index contributed by atoms with van der Waals surface area (Å²) in [6, 6.07) is 11.3. The smallest absolute Gasteiger partial charge is 0.337 e. The van der Waals surface area contributed by atoms with Crippen molar-refractivity contribution in [2.75, 3.05) is 6.61 Å². The van der Waals surface area contributed by atoms with E-state index in [0.717, 1.165) is 0 Å². The zero-order valence-corrected chi connectivity index (χ0v) is 14.3. The Balaban J connectivity index is 1.51. The van der Waals surface area contributed by atoms with Crippen molar-refractivity contribution in [1.82, 2.24) is 10.1 Å². The standard InChI is InChI=1S/C19H15FN2O5/c1-12-21-17(27-22-12)10-25-11-18(23)26-16-8-4-14(5-9-16)19(24)13-2-6-15(20)7-3-13/h2-9H,10-11H2,1H3. The molecule has 0 atom stereocenters. The zero-order chi connectivity index (χ0) is 19.2. The van der Waals surface area contributed by atoms with Crippen LogP contribution in [-0.4, -0.2) is 28.5 Å². The van der Waals surface area contributed by atoms with Gasteiger partial charge in [-0.2, -0.15) is 4.98 Å². The van der Waals surface area contributed by atoms with Crippen LogP contribution < -0.4 is 4.74 Å². The maximum absolute atomic E-state index is 12.9. The molecule has 1 aromatic heterocycles. The molecular weight excluding hydrogens is 355 g/mol. The van der Waals surface area contributed by atoms with E-state index in [1.165, 1.54) is 48.5 Å². The third-order valence-electron chi connectivity index (χ3n) is 3.47. The first-order chi connectivity index (χ1) is 13.0. The molecule has 0 bridgehead atoms. The predicted octanol–water partition coefficient (Wildman–Crippen LogP) is 2.87. The minimum Gasteiger partial charge on any atom is -0.425 e. The fourth-order valence-electron chi connectivity index (χ4n) is 2.22. The van der Waals surface area contributed by atoms with Crippen molar-refractivity contribution in [2.24, 2.45) is 0 Å². The van der Waals surface area contributed by atoms with E-state index in [0.29, 0.717) is 17.0 Å². The minimum atomic E-state index is -0.608. The number of esters is 1. The number of carbonyl (C=O) groups is 2. The predicted molar refractivity (Wildman–Crippen MR) is 90.6 cm³/mol. The van der Waals surface area contributed by atoms with Crippen LogP contribution in [0.25, 0.3) is 0 Å². The van der Waals surface area contributed by atoms with Crippen molar-refractivity contribution in [3.63, 3.8) is 0 Å². The van der Waals surface area contributed by atoms with Gasteiger partial charge in [0.2, 0.25) is 0 Å². The molecule has 0 amide bonds. The molecule has 0 spiro atoms. The topological polar surface area (TPSA) is 91.5 Å². The van der Waals surface area contributed by atoms with Crippen molar-refractivity contribution < 1.29 is 28.0 Å². The second kappa shape index (κ2) is 8.33. The van der Waals surface area contributed by atoms with E-state index >= 15 is 0 Å². The molecule has 0 N–H and O–H groups in total. The highest BCUT2D eigenvalue weighted by Crippen LogP contribution is 2.16. The van der Waals surface area contributed by atoms with Crippen LogP contribution in [0, 0.1) is 12.7 Å². The van der Waals surface area contributed by atoms with Crippen LogP contribution in [-0.2, 0) is 16.1 Å². The summed E-state index contributed by atoms with van der Waals surface area (Å²) in [4.78, 5) is 28.0. The molecule has 3 aromatic rings.